The summed E-state index contributed by atoms with van der Waals surface area (Å²) in [6.45, 7) is 1.87. The van der Waals surface area contributed by atoms with E-state index in [0.29, 0.717) is 18.2 Å². The molecule has 1 aliphatic heterocycles. The van der Waals surface area contributed by atoms with Gasteiger partial charge in [-0.1, -0.05) is 6.92 Å². The Morgan fingerprint density at radius 1 is 1.39 bits per heavy atom. The van der Waals surface area contributed by atoms with Crippen molar-refractivity contribution in [1.29, 1.82) is 0 Å². The van der Waals surface area contributed by atoms with Gasteiger partial charge < -0.3 is 5.32 Å². The molecule has 0 unspecified atom stereocenters. The van der Waals surface area contributed by atoms with E-state index in [-0.39, 0.29) is 18.0 Å². The average molecular weight is 321 g/mol. The first-order valence-electron chi connectivity index (χ1n) is 6.99. The van der Waals surface area contributed by atoms with Crippen molar-refractivity contribution in [3.63, 3.8) is 0 Å². The van der Waals surface area contributed by atoms with Crippen LogP contribution < -0.4 is 10.6 Å². The van der Waals surface area contributed by atoms with E-state index in [4.69, 9.17) is 0 Å². The third kappa shape index (κ3) is 2.89. The Kier molecular flexibility index (Phi) is 3.77. The van der Waals surface area contributed by atoms with E-state index in [1.807, 2.05) is 6.92 Å². The van der Waals surface area contributed by atoms with Gasteiger partial charge in [-0.2, -0.15) is 10.1 Å². The van der Waals surface area contributed by atoms with E-state index >= 15 is 0 Å². The maximum atomic E-state index is 13.1. The summed E-state index contributed by atoms with van der Waals surface area (Å²) in [5.74, 6) is -2.10. The minimum Gasteiger partial charge on any atom is -0.326 e. The molecule has 0 radical (unpaired) electrons. The highest BCUT2D eigenvalue weighted by Gasteiger charge is 2.34. The van der Waals surface area contributed by atoms with Gasteiger partial charge in [0.1, 0.15) is 6.04 Å². The maximum absolute atomic E-state index is 13.1. The van der Waals surface area contributed by atoms with Crippen LogP contribution in [0.2, 0.25) is 0 Å². The SMILES string of the molecule is CCc1nc2n(n1)[C@H](CC(=O)Nc1ccc(F)c(F)c1)C(=O)N2. The highest BCUT2D eigenvalue weighted by molar-refractivity contribution is 6.00. The Balaban J connectivity index is 1.71. The summed E-state index contributed by atoms with van der Waals surface area (Å²) >= 11 is 0. The third-order valence-electron chi connectivity index (χ3n) is 3.41. The molecule has 23 heavy (non-hydrogen) atoms. The van der Waals surface area contributed by atoms with Crippen molar-refractivity contribution in [3.05, 3.63) is 35.7 Å². The van der Waals surface area contributed by atoms with Gasteiger partial charge in [0.15, 0.2) is 17.5 Å². The fourth-order valence-corrected chi connectivity index (χ4v) is 2.27. The summed E-state index contributed by atoms with van der Waals surface area (Å²) < 4.78 is 27.3. The molecule has 0 saturated heterocycles. The van der Waals surface area contributed by atoms with Crippen LogP contribution in [0, 0.1) is 11.6 Å². The van der Waals surface area contributed by atoms with Crippen LogP contribution in [0.1, 0.15) is 25.2 Å². The Bertz CT molecular complexity index is 789. The van der Waals surface area contributed by atoms with Crippen molar-refractivity contribution in [2.24, 2.45) is 0 Å². The van der Waals surface area contributed by atoms with Crippen molar-refractivity contribution in [2.45, 2.75) is 25.8 Å². The molecule has 0 bridgehead atoms. The van der Waals surface area contributed by atoms with Crippen molar-refractivity contribution in [2.75, 3.05) is 10.6 Å². The number of fused-ring (bicyclic) bond motifs is 1. The van der Waals surface area contributed by atoms with Gasteiger partial charge in [-0.3, -0.25) is 14.9 Å². The van der Waals surface area contributed by atoms with E-state index < -0.39 is 23.6 Å². The molecular formula is C14H13F2N5O2. The third-order valence-corrected chi connectivity index (χ3v) is 3.41. The first-order chi connectivity index (χ1) is 11.0. The van der Waals surface area contributed by atoms with Crippen molar-refractivity contribution in [1.82, 2.24) is 14.8 Å². The van der Waals surface area contributed by atoms with Gasteiger partial charge in [0.25, 0.3) is 5.91 Å². The fourth-order valence-electron chi connectivity index (χ4n) is 2.27. The second kappa shape index (κ2) is 5.75. The molecule has 2 aromatic rings. The topological polar surface area (TPSA) is 88.9 Å². The summed E-state index contributed by atoms with van der Waals surface area (Å²) in [4.78, 5) is 28.0. The zero-order valence-electron chi connectivity index (χ0n) is 12.1. The number of benzene rings is 1. The van der Waals surface area contributed by atoms with Crippen LogP contribution in [0.3, 0.4) is 0 Å². The molecule has 0 aliphatic carbocycles. The van der Waals surface area contributed by atoms with E-state index in [0.717, 1.165) is 12.1 Å². The van der Waals surface area contributed by atoms with Gasteiger partial charge in [-0.25, -0.2) is 13.5 Å². The van der Waals surface area contributed by atoms with Gasteiger partial charge >= 0.3 is 0 Å². The first kappa shape index (κ1) is 15.1. The van der Waals surface area contributed by atoms with E-state index in [9.17, 15) is 18.4 Å². The zero-order valence-corrected chi connectivity index (χ0v) is 12.1. The molecule has 120 valence electrons. The molecular weight excluding hydrogens is 308 g/mol. The molecule has 2 amide bonds. The number of carbonyl (C=O) groups excluding carboxylic acids is 2. The molecule has 7 nitrogen and oxygen atoms in total. The number of rotatable bonds is 4. The number of nitrogens with zero attached hydrogens (tertiary/aromatic N) is 3. The number of aromatic nitrogens is 3. The molecule has 1 aromatic heterocycles. The van der Waals surface area contributed by atoms with Crippen LogP contribution in [0.25, 0.3) is 0 Å². The minimum atomic E-state index is -1.06. The van der Waals surface area contributed by atoms with E-state index in [2.05, 4.69) is 20.7 Å². The number of hydrogen-bond acceptors (Lipinski definition) is 4. The average Bonchev–Trinajstić information content (AvgIpc) is 3.02. The second-order valence-electron chi connectivity index (χ2n) is 5.04. The van der Waals surface area contributed by atoms with E-state index in [1.165, 1.54) is 10.7 Å². The van der Waals surface area contributed by atoms with Gasteiger partial charge in [-0.05, 0) is 12.1 Å². The second-order valence-corrected chi connectivity index (χ2v) is 5.04. The molecule has 2 heterocycles. The number of amides is 2. The number of nitrogens with one attached hydrogen (secondary N) is 2. The van der Waals surface area contributed by atoms with Gasteiger partial charge in [0.2, 0.25) is 11.9 Å². The maximum Gasteiger partial charge on any atom is 0.252 e. The lowest BCUT2D eigenvalue weighted by Crippen LogP contribution is -2.24. The zero-order chi connectivity index (χ0) is 16.6. The molecule has 0 saturated carbocycles. The normalized spacial score (nSPS) is 16.1. The van der Waals surface area contributed by atoms with Crippen LogP contribution in [-0.4, -0.2) is 26.6 Å². The summed E-state index contributed by atoms with van der Waals surface area (Å²) in [6.07, 6.45) is 0.411. The lowest BCUT2D eigenvalue weighted by atomic mass is 10.2. The summed E-state index contributed by atoms with van der Waals surface area (Å²) in [5, 5.41) is 9.13. The molecule has 9 heteroatoms. The molecule has 0 fully saturated rings. The van der Waals surface area contributed by atoms with Crippen LogP contribution in [-0.2, 0) is 16.0 Å². The lowest BCUT2D eigenvalue weighted by Gasteiger charge is -2.10. The quantitative estimate of drug-likeness (QED) is 0.896. The van der Waals surface area contributed by atoms with Crippen LogP contribution in [0.5, 0.6) is 0 Å². The summed E-state index contributed by atoms with van der Waals surface area (Å²) in [7, 11) is 0. The lowest BCUT2D eigenvalue weighted by molar-refractivity contribution is -0.123. The number of carbonyl (C=O) groups is 2. The Morgan fingerprint density at radius 2 is 2.17 bits per heavy atom. The standard InChI is InChI=1S/C14H13F2N5O2/c1-2-11-18-14-19-13(23)10(21(14)20-11)6-12(22)17-7-3-4-8(15)9(16)5-7/h3-5,10H,2,6H2,1H3,(H,17,22)(H,18,19,20,23)/t10-/m1/s1. The van der Waals surface area contributed by atoms with Gasteiger partial charge in [0.05, 0.1) is 6.42 Å². The fraction of sp³-hybridized carbons (Fsp3) is 0.286. The number of anilines is 2. The Hall–Kier alpha value is -2.84. The molecule has 1 aliphatic rings. The predicted molar refractivity (Wildman–Crippen MR) is 76.7 cm³/mol. The molecule has 1 atom stereocenters. The van der Waals surface area contributed by atoms with Gasteiger partial charge in [0, 0.05) is 18.2 Å². The van der Waals surface area contributed by atoms with Crippen molar-refractivity contribution >= 4 is 23.5 Å². The smallest absolute Gasteiger partial charge is 0.252 e. The number of halogens is 2. The van der Waals surface area contributed by atoms with Crippen LogP contribution >= 0.6 is 0 Å². The van der Waals surface area contributed by atoms with Crippen LogP contribution in [0.4, 0.5) is 20.4 Å². The largest absolute Gasteiger partial charge is 0.326 e. The molecule has 0 spiro atoms. The molecule has 1 aromatic carbocycles. The summed E-state index contributed by atoms with van der Waals surface area (Å²) in [5.41, 5.74) is 0.111. The molecule has 2 N–H and O–H groups in total. The van der Waals surface area contributed by atoms with Crippen molar-refractivity contribution in [3.8, 4) is 0 Å². The highest BCUT2D eigenvalue weighted by Crippen LogP contribution is 2.25. The molecule has 3 rings (SSSR count). The number of aryl methyl sites for hydroxylation is 1. The highest BCUT2D eigenvalue weighted by atomic mass is 19.2. The monoisotopic (exact) mass is 321 g/mol. The van der Waals surface area contributed by atoms with Crippen LogP contribution in [0.15, 0.2) is 18.2 Å². The number of hydrogen-bond donors (Lipinski definition) is 2. The Morgan fingerprint density at radius 3 is 2.87 bits per heavy atom. The minimum absolute atomic E-state index is 0.111. The van der Waals surface area contributed by atoms with Gasteiger partial charge in [-0.15, -0.1) is 0 Å². The Labute approximate surface area is 129 Å². The predicted octanol–water partition coefficient (Wildman–Crippen LogP) is 1.64. The summed E-state index contributed by atoms with van der Waals surface area (Å²) in [6, 6.07) is 2.21. The first-order valence-corrected chi connectivity index (χ1v) is 6.99. The van der Waals surface area contributed by atoms with Crippen molar-refractivity contribution < 1.29 is 18.4 Å². The van der Waals surface area contributed by atoms with E-state index in [1.54, 1.807) is 0 Å².